The van der Waals surface area contributed by atoms with Crippen molar-refractivity contribution < 1.29 is 9.90 Å². The molecule has 0 aromatic rings. The van der Waals surface area contributed by atoms with Gasteiger partial charge in [0.25, 0.3) is 0 Å². The van der Waals surface area contributed by atoms with Gasteiger partial charge in [-0.05, 0) is 19.3 Å². The second kappa shape index (κ2) is 6.21. The number of aliphatic hydroxyl groups excluding tert-OH is 1. The van der Waals surface area contributed by atoms with Crippen molar-refractivity contribution in [3.05, 3.63) is 0 Å². The maximum atomic E-state index is 12.1. The fourth-order valence-electron chi connectivity index (χ4n) is 2.44. The van der Waals surface area contributed by atoms with Crippen molar-refractivity contribution in [1.82, 2.24) is 4.90 Å². The number of nitrogens with two attached hydrogens (primary N) is 1. The number of hydrogen-bond donors (Lipinski definition) is 2. The zero-order valence-corrected chi connectivity index (χ0v) is 10.4. The first-order chi connectivity index (χ1) is 7.61. The molecule has 1 amide bonds. The third-order valence-electron chi connectivity index (χ3n) is 3.67. The van der Waals surface area contributed by atoms with Gasteiger partial charge < -0.3 is 15.7 Å². The molecule has 0 aromatic carbocycles. The van der Waals surface area contributed by atoms with Gasteiger partial charge in [0.15, 0.2) is 0 Å². The Morgan fingerprint density at radius 2 is 2.12 bits per heavy atom. The van der Waals surface area contributed by atoms with E-state index in [1.807, 2.05) is 6.92 Å². The predicted octanol–water partition coefficient (Wildman–Crippen LogP) is 0.733. The van der Waals surface area contributed by atoms with Crippen LogP contribution in [0.3, 0.4) is 0 Å². The Bertz CT molecular complexity index is 229. The fourth-order valence-corrected chi connectivity index (χ4v) is 2.44. The van der Waals surface area contributed by atoms with Crippen molar-refractivity contribution >= 4 is 5.91 Å². The number of nitrogens with zero attached hydrogens (tertiary/aromatic N) is 1. The molecule has 0 aliphatic heterocycles. The number of aliphatic hydroxyl groups is 1. The van der Waals surface area contributed by atoms with Crippen LogP contribution in [0.15, 0.2) is 0 Å². The molecule has 3 unspecified atom stereocenters. The molecule has 16 heavy (non-hydrogen) atoms. The minimum absolute atomic E-state index is 0.0122. The summed E-state index contributed by atoms with van der Waals surface area (Å²) in [5.74, 6) is -0.0184. The first kappa shape index (κ1) is 13.5. The van der Waals surface area contributed by atoms with Gasteiger partial charge in [0.1, 0.15) is 0 Å². The molecule has 0 saturated heterocycles. The highest BCUT2D eigenvalue weighted by atomic mass is 16.3. The smallest absolute Gasteiger partial charge is 0.227 e. The molecule has 1 aliphatic rings. The van der Waals surface area contributed by atoms with Crippen LogP contribution in [0.4, 0.5) is 0 Å². The summed E-state index contributed by atoms with van der Waals surface area (Å²) in [6.45, 7) is 2.36. The third kappa shape index (κ3) is 2.95. The average Bonchev–Trinajstić information content (AvgIpc) is 2.30. The van der Waals surface area contributed by atoms with Gasteiger partial charge in [0.2, 0.25) is 5.91 Å². The zero-order valence-electron chi connectivity index (χ0n) is 10.4. The topological polar surface area (TPSA) is 66.6 Å². The molecular weight excluding hydrogens is 204 g/mol. The number of likely N-dealkylation sites (N-methyl/N-ethyl adjacent to an activating group) is 1. The summed E-state index contributed by atoms with van der Waals surface area (Å²) in [5, 5.41) is 9.89. The van der Waals surface area contributed by atoms with Crippen LogP contribution >= 0.6 is 0 Å². The van der Waals surface area contributed by atoms with E-state index in [0.29, 0.717) is 6.54 Å². The largest absolute Gasteiger partial charge is 0.391 e. The van der Waals surface area contributed by atoms with E-state index in [1.54, 1.807) is 11.9 Å². The number of carbonyl (C=O) groups excluding carboxylic acids is 1. The Morgan fingerprint density at radius 3 is 2.62 bits per heavy atom. The minimum atomic E-state index is -0.363. The summed E-state index contributed by atoms with van der Waals surface area (Å²) in [6.07, 6.45) is 4.28. The van der Waals surface area contributed by atoms with Crippen LogP contribution in [0.25, 0.3) is 0 Å². The van der Waals surface area contributed by atoms with Crippen LogP contribution in [0, 0.1) is 5.92 Å². The van der Waals surface area contributed by atoms with Crippen LogP contribution in [0.1, 0.15) is 39.0 Å². The van der Waals surface area contributed by atoms with Crippen molar-refractivity contribution in [2.45, 2.75) is 51.2 Å². The van der Waals surface area contributed by atoms with Crippen LogP contribution in [0.5, 0.6) is 0 Å². The van der Waals surface area contributed by atoms with Crippen molar-refractivity contribution in [3.63, 3.8) is 0 Å². The molecule has 4 heteroatoms. The number of carbonyl (C=O) groups is 1. The van der Waals surface area contributed by atoms with Crippen LogP contribution < -0.4 is 5.73 Å². The highest BCUT2D eigenvalue weighted by Crippen LogP contribution is 2.23. The van der Waals surface area contributed by atoms with Crippen LogP contribution in [-0.2, 0) is 4.79 Å². The van der Waals surface area contributed by atoms with Gasteiger partial charge >= 0.3 is 0 Å². The first-order valence-electron chi connectivity index (χ1n) is 6.26. The van der Waals surface area contributed by atoms with Crippen molar-refractivity contribution in [2.24, 2.45) is 11.7 Å². The lowest BCUT2D eigenvalue weighted by atomic mass is 9.90. The molecular formula is C12H24N2O2. The Morgan fingerprint density at radius 1 is 1.50 bits per heavy atom. The third-order valence-corrected chi connectivity index (χ3v) is 3.67. The maximum absolute atomic E-state index is 12.1. The molecule has 0 aromatic heterocycles. The second-order valence-corrected chi connectivity index (χ2v) is 4.71. The molecule has 3 N–H and O–H groups in total. The molecule has 1 aliphatic carbocycles. The molecule has 3 atom stereocenters. The summed E-state index contributed by atoms with van der Waals surface area (Å²) >= 11 is 0. The minimum Gasteiger partial charge on any atom is -0.391 e. The Labute approximate surface area is 97.8 Å². The van der Waals surface area contributed by atoms with Crippen molar-refractivity contribution in [1.29, 1.82) is 0 Å². The molecule has 1 rings (SSSR count). The summed E-state index contributed by atoms with van der Waals surface area (Å²) in [4.78, 5) is 13.8. The van der Waals surface area contributed by atoms with E-state index in [0.717, 1.165) is 32.1 Å². The second-order valence-electron chi connectivity index (χ2n) is 4.71. The highest BCUT2D eigenvalue weighted by molar-refractivity contribution is 5.79. The number of rotatable bonds is 4. The Balaban J connectivity index is 2.60. The van der Waals surface area contributed by atoms with E-state index in [9.17, 15) is 9.90 Å². The van der Waals surface area contributed by atoms with E-state index in [2.05, 4.69) is 0 Å². The van der Waals surface area contributed by atoms with Gasteiger partial charge in [0, 0.05) is 13.6 Å². The lowest BCUT2D eigenvalue weighted by Gasteiger charge is -2.36. The Hall–Kier alpha value is -0.610. The quantitative estimate of drug-likeness (QED) is 0.745. The lowest BCUT2D eigenvalue weighted by molar-refractivity contribution is -0.139. The van der Waals surface area contributed by atoms with Crippen LogP contribution in [-0.4, -0.2) is 41.7 Å². The van der Waals surface area contributed by atoms with E-state index in [1.165, 1.54) is 0 Å². The fraction of sp³-hybridized carbons (Fsp3) is 0.917. The van der Waals surface area contributed by atoms with Gasteiger partial charge in [-0.1, -0.05) is 19.8 Å². The predicted molar refractivity (Wildman–Crippen MR) is 63.9 cm³/mol. The molecule has 0 spiro atoms. The first-order valence-corrected chi connectivity index (χ1v) is 6.26. The van der Waals surface area contributed by atoms with Crippen LogP contribution in [0.2, 0.25) is 0 Å². The molecule has 1 saturated carbocycles. The molecule has 1 fully saturated rings. The summed E-state index contributed by atoms with van der Waals surface area (Å²) < 4.78 is 0. The van der Waals surface area contributed by atoms with Gasteiger partial charge in [0.05, 0.1) is 18.1 Å². The van der Waals surface area contributed by atoms with Crippen molar-refractivity contribution in [2.75, 3.05) is 13.6 Å². The van der Waals surface area contributed by atoms with E-state index < -0.39 is 0 Å². The Kier molecular flexibility index (Phi) is 5.22. The van der Waals surface area contributed by atoms with E-state index in [-0.39, 0.29) is 24.0 Å². The summed E-state index contributed by atoms with van der Waals surface area (Å²) in [5.41, 5.74) is 5.58. The monoisotopic (exact) mass is 228 g/mol. The highest BCUT2D eigenvalue weighted by Gasteiger charge is 2.31. The average molecular weight is 228 g/mol. The molecule has 0 bridgehead atoms. The lowest BCUT2D eigenvalue weighted by Crippen LogP contribution is -2.49. The van der Waals surface area contributed by atoms with Gasteiger partial charge in [-0.25, -0.2) is 0 Å². The number of hydrogen-bond acceptors (Lipinski definition) is 3. The van der Waals surface area contributed by atoms with E-state index in [4.69, 9.17) is 5.73 Å². The van der Waals surface area contributed by atoms with Gasteiger partial charge in [-0.3, -0.25) is 4.79 Å². The molecule has 94 valence electrons. The summed E-state index contributed by atoms with van der Waals surface area (Å²) in [7, 11) is 1.79. The van der Waals surface area contributed by atoms with Gasteiger partial charge in [-0.2, -0.15) is 0 Å². The summed E-state index contributed by atoms with van der Waals surface area (Å²) in [6, 6.07) is -0.0122. The number of amides is 1. The molecule has 0 radical (unpaired) electrons. The maximum Gasteiger partial charge on any atom is 0.227 e. The molecule has 0 heterocycles. The zero-order chi connectivity index (χ0) is 12.1. The SMILES string of the molecule is CCC(CN)C(=O)N(C)C1CCCCC1O. The standard InChI is InChI=1S/C12H24N2O2/c1-3-9(8-13)12(16)14(2)10-6-4-5-7-11(10)15/h9-11,15H,3-8,13H2,1-2H3. The normalized spacial score (nSPS) is 27.5. The van der Waals surface area contributed by atoms with Crippen molar-refractivity contribution in [3.8, 4) is 0 Å². The van der Waals surface area contributed by atoms with Gasteiger partial charge in [-0.15, -0.1) is 0 Å². The van der Waals surface area contributed by atoms with E-state index >= 15 is 0 Å². The molecule has 4 nitrogen and oxygen atoms in total.